The molecule has 0 fully saturated rings. The summed E-state index contributed by atoms with van der Waals surface area (Å²) in [5.74, 6) is -0.313. The highest BCUT2D eigenvalue weighted by atomic mass is 16.6. The molecule has 16 heavy (non-hydrogen) atoms. The molecule has 1 amide bonds. The van der Waals surface area contributed by atoms with Gasteiger partial charge in [-0.15, -0.1) is 0 Å². The second-order valence-corrected chi connectivity index (χ2v) is 5.37. The van der Waals surface area contributed by atoms with Gasteiger partial charge in [0.2, 0.25) is 0 Å². The number of carbonyl (C=O) groups excluding carboxylic acids is 1. The van der Waals surface area contributed by atoms with E-state index in [1.165, 1.54) is 0 Å². The van der Waals surface area contributed by atoms with Crippen LogP contribution < -0.4 is 5.32 Å². The highest BCUT2D eigenvalue weighted by Crippen LogP contribution is 2.24. The summed E-state index contributed by atoms with van der Waals surface area (Å²) in [4.78, 5) is 22.0. The lowest BCUT2D eigenvalue weighted by molar-refractivity contribution is -0.165. The molecule has 5 nitrogen and oxygen atoms in total. The van der Waals surface area contributed by atoms with Gasteiger partial charge in [-0.05, 0) is 41.0 Å². The Morgan fingerprint density at radius 2 is 1.69 bits per heavy atom. The maximum atomic E-state index is 11.8. The number of ether oxygens (including phenoxy) is 1. The molecule has 0 aliphatic heterocycles. The number of carbonyl (C=O) groups is 2. The summed E-state index contributed by atoms with van der Waals surface area (Å²) in [6.45, 7) is 9.13. The van der Waals surface area contributed by atoms with Crippen molar-refractivity contribution < 1.29 is 19.4 Å². The highest BCUT2D eigenvalue weighted by Gasteiger charge is 2.32. The van der Waals surface area contributed by atoms with Gasteiger partial charge in [-0.2, -0.15) is 0 Å². The van der Waals surface area contributed by atoms with Gasteiger partial charge >= 0.3 is 12.1 Å². The minimum atomic E-state index is -1.08. The van der Waals surface area contributed by atoms with Gasteiger partial charge < -0.3 is 15.2 Å². The summed E-state index contributed by atoms with van der Waals surface area (Å²) in [5.41, 5.74) is -1.20. The molecule has 2 N–H and O–H groups in total. The van der Waals surface area contributed by atoms with Crippen molar-refractivity contribution in [1.29, 1.82) is 0 Å². The van der Waals surface area contributed by atoms with Crippen LogP contribution in [0.2, 0.25) is 0 Å². The van der Waals surface area contributed by atoms with Crippen LogP contribution in [0, 0.1) is 5.41 Å². The molecule has 0 atom stereocenters. The van der Waals surface area contributed by atoms with Crippen molar-refractivity contribution in [1.82, 2.24) is 5.32 Å². The molecule has 0 spiro atoms. The van der Waals surface area contributed by atoms with E-state index in [0.29, 0.717) is 6.42 Å². The number of hydrogen-bond donors (Lipinski definition) is 2. The van der Waals surface area contributed by atoms with Crippen LogP contribution in [-0.4, -0.2) is 29.3 Å². The first-order chi connectivity index (χ1) is 7.04. The van der Waals surface area contributed by atoms with Crippen LogP contribution in [0.4, 0.5) is 4.79 Å². The summed E-state index contributed by atoms with van der Waals surface area (Å²) >= 11 is 0. The maximum Gasteiger partial charge on any atom is 0.404 e. The van der Waals surface area contributed by atoms with E-state index >= 15 is 0 Å². The van der Waals surface area contributed by atoms with E-state index in [1.54, 1.807) is 34.6 Å². The van der Waals surface area contributed by atoms with E-state index in [1.807, 2.05) is 0 Å². The fourth-order valence-electron chi connectivity index (χ4n) is 1.00. The molecular formula is C11H21NO4. The molecule has 0 aromatic carbocycles. The predicted octanol–water partition coefficient (Wildman–Crippen LogP) is 2.01. The number of amides is 1. The summed E-state index contributed by atoms with van der Waals surface area (Å²) < 4.78 is 5.25. The van der Waals surface area contributed by atoms with Gasteiger partial charge in [-0.25, -0.2) is 4.79 Å². The Bertz CT molecular complexity index is 266. The molecule has 0 saturated heterocycles. The first-order valence-electron chi connectivity index (χ1n) is 5.25. The van der Waals surface area contributed by atoms with Crippen molar-refractivity contribution >= 4 is 12.1 Å². The zero-order valence-electron chi connectivity index (χ0n) is 10.6. The van der Waals surface area contributed by atoms with E-state index < -0.39 is 17.1 Å². The van der Waals surface area contributed by atoms with Crippen LogP contribution in [-0.2, 0) is 9.53 Å². The Morgan fingerprint density at radius 3 is 2.06 bits per heavy atom. The van der Waals surface area contributed by atoms with Gasteiger partial charge in [0, 0.05) is 6.54 Å². The van der Waals surface area contributed by atoms with Crippen LogP contribution in [0.1, 0.15) is 41.0 Å². The third-order valence-electron chi connectivity index (χ3n) is 1.98. The van der Waals surface area contributed by atoms with E-state index in [9.17, 15) is 9.59 Å². The second kappa shape index (κ2) is 5.18. The first kappa shape index (κ1) is 14.7. The van der Waals surface area contributed by atoms with Gasteiger partial charge in [0.15, 0.2) is 0 Å². The Kier molecular flexibility index (Phi) is 4.78. The molecule has 5 heteroatoms. The summed E-state index contributed by atoms with van der Waals surface area (Å²) in [7, 11) is 0. The topological polar surface area (TPSA) is 75.6 Å². The first-order valence-corrected chi connectivity index (χ1v) is 5.25. The summed E-state index contributed by atoms with van der Waals surface area (Å²) in [6.07, 6.45) is -0.672. The van der Waals surface area contributed by atoms with Gasteiger partial charge in [-0.1, -0.05) is 0 Å². The third kappa shape index (κ3) is 6.27. The highest BCUT2D eigenvalue weighted by molar-refractivity contribution is 5.76. The Balaban J connectivity index is 4.21. The minimum absolute atomic E-state index is 0.238. The Morgan fingerprint density at radius 1 is 1.19 bits per heavy atom. The smallest absolute Gasteiger partial charge is 0.404 e. The Hall–Kier alpha value is -1.26. The van der Waals surface area contributed by atoms with E-state index in [4.69, 9.17) is 9.84 Å². The van der Waals surface area contributed by atoms with Crippen LogP contribution in [0.15, 0.2) is 0 Å². The quantitative estimate of drug-likeness (QED) is 0.726. The number of nitrogens with one attached hydrogen (secondary N) is 1. The van der Waals surface area contributed by atoms with Crippen LogP contribution in [0.25, 0.3) is 0 Å². The van der Waals surface area contributed by atoms with E-state index in [2.05, 4.69) is 5.32 Å². The minimum Gasteiger partial charge on any atom is -0.465 e. The average molecular weight is 231 g/mol. The van der Waals surface area contributed by atoms with Crippen molar-refractivity contribution in [2.24, 2.45) is 5.41 Å². The molecule has 0 bridgehead atoms. The fraction of sp³-hybridized carbons (Fsp3) is 0.818. The second-order valence-electron chi connectivity index (χ2n) is 5.37. The fourth-order valence-corrected chi connectivity index (χ4v) is 1.00. The third-order valence-corrected chi connectivity index (χ3v) is 1.98. The lowest BCUT2D eigenvalue weighted by Gasteiger charge is -2.28. The largest absolute Gasteiger partial charge is 0.465 e. The molecular weight excluding hydrogens is 210 g/mol. The molecule has 0 saturated carbocycles. The molecule has 0 unspecified atom stereocenters. The number of carboxylic acid groups (broad SMARTS) is 1. The summed E-state index contributed by atoms with van der Waals surface area (Å²) in [5, 5.41) is 10.6. The monoisotopic (exact) mass is 231 g/mol. The van der Waals surface area contributed by atoms with Crippen LogP contribution >= 0.6 is 0 Å². The number of esters is 1. The molecule has 0 aliphatic carbocycles. The van der Waals surface area contributed by atoms with Crippen molar-refractivity contribution in [3.63, 3.8) is 0 Å². The van der Waals surface area contributed by atoms with E-state index in [-0.39, 0.29) is 12.5 Å². The molecule has 94 valence electrons. The number of rotatable bonds is 4. The van der Waals surface area contributed by atoms with Gasteiger partial charge in [0.1, 0.15) is 5.60 Å². The zero-order chi connectivity index (χ0) is 13.0. The molecule has 0 radical (unpaired) electrons. The SMILES string of the molecule is CC(C)(C)OC(=O)C(C)(C)CCNC(=O)O. The average Bonchev–Trinajstić information content (AvgIpc) is 1.99. The summed E-state index contributed by atoms with van der Waals surface area (Å²) in [6, 6.07) is 0. The molecule has 0 aromatic rings. The molecule has 0 heterocycles. The van der Waals surface area contributed by atoms with Crippen molar-refractivity contribution in [2.45, 2.75) is 46.6 Å². The molecule has 0 aliphatic rings. The van der Waals surface area contributed by atoms with Gasteiger partial charge in [0.25, 0.3) is 0 Å². The van der Waals surface area contributed by atoms with Gasteiger partial charge in [-0.3, -0.25) is 4.79 Å². The normalized spacial score (nSPS) is 12.1. The Labute approximate surface area is 96.2 Å². The van der Waals surface area contributed by atoms with Crippen molar-refractivity contribution in [2.75, 3.05) is 6.54 Å². The molecule has 0 aromatic heterocycles. The predicted molar refractivity (Wildman–Crippen MR) is 60.3 cm³/mol. The lowest BCUT2D eigenvalue weighted by atomic mass is 9.89. The lowest BCUT2D eigenvalue weighted by Crippen LogP contribution is -2.36. The standard InChI is InChI=1S/C11H21NO4/c1-10(2,3)16-8(13)11(4,5)6-7-12-9(14)15/h12H,6-7H2,1-5H3,(H,14,15). The van der Waals surface area contributed by atoms with Gasteiger partial charge in [0.05, 0.1) is 5.41 Å². The molecule has 0 rings (SSSR count). The van der Waals surface area contributed by atoms with Crippen LogP contribution in [0.5, 0.6) is 0 Å². The van der Waals surface area contributed by atoms with E-state index in [0.717, 1.165) is 0 Å². The maximum absolute atomic E-state index is 11.8. The van der Waals surface area contributed by atoms with Crippen LogP contribution in [0.3, 0.4) is 0 Å². The number of hydrogen-bond acceptors (Lipinski definition) is 3. The van der Waals surface area contributed by atoms with Crippen molar-refractivity contribution in [3.8, 4) is 0 Å². The van der Waals surface area contributed by atoms with Crippen molar-refractivity contribution in [3.05, 3.63) is 0 Å². The zero-order valence-corrected chi connectivity index (χ0v) is 10.6.